The molecule has 0 unspecified atom stereocenters. The van der Waals surface area contributed by atoms with E-state index in [1.54, 1.807) is 31.2 Å². The number of benzene rings is 2. The normalized spacial score (nSPS) is 11.6. The van der Waals surface area contributed by atoms with Crippen molar-refractivity contribution in [1.29, 1.82) is 0 Å². The number of rotatable bonds is 7. The van der Waals surface area contributed by atoms with Crippen molar-refractivity contribution >= 4 is 17.4 Å². The van der Waals surface area contributed by atoms with Crippen LogP contribution < -0.4 is 15.6 Å². The average Bonchev–Trinajstić information content (AvgIpc) is 2.74. The van der Waals surface area contributed by atoms with Gasteiger partial charge in [-0.05, 0) is 49.7 Å². The van der Waals surface area contributed by atoms with Crippen molar-refractivity contribution in [3.63, 3.8) is 0 Å². The number of carbonyl (C=O) groups excluding carboxylic acids is 2. The molecule has 1 aromatic heterocycles. The van der Waals surface area contributed by atoms with E-state index >= 15 is 0 Å². The number of hydrogen-bond acceptors (Lipinski definition) is 5. The SMILES string of the molecule is CC[C@@H](Oc1ccc(=O)n(-c2ccc(F)cc2)n1)C(=O)Nc1cccc(C(C)=O)c1. The Kier molecular flexibility index (Phi) is 6.36. The van der Waals surface area contributed by atoms with E-state index in [4.69, 9.17) is 4.74 Å². The summed E-state index contributed by atoms with van der Waals surface area (Å²) >= 11 is 0. The number of Topliss-reactive ketones (excluding diaryl/α,β-unsaturated/α-hetero) is 1. The van der Waals surface area contributed by atoms with E-state index in [-0.39, 0.29) is 11.7 Å². The summed E-state index contributed by atoms with van der Waals surface area (Å²) in [7, 11) is 0. The number of anilines is 1. The number of aromatic nitrogens is 2. The van der Waals surface area contributed by atoms with Gasteiger partial charge in [-0.25, -0.2) is 4.39 Å². The Bertz CT molecular complexity index is 1130. The van der Waals surface area contributed by atoms with Gasteiger partial charge in [0.25, 0.3) is 11.5 Å². The van der Waals surface area contributed by atoms with Crippen LogP contribution in [0.1, 0.15) is 30.6 Å². The second-order valence-corrected chi connectivity index (χ2v) is 6.54. The second kappa shape index (κ2) is 9.13. The smallest absolute Gasteiger partial charge is 0.271 e. The number of ether oxygens (including phenoxy) is 1. The molecule has 30 heavy (non-hydrogen) atoms. The highest BCUT2D eigenvalue weighted by Gasteiger charge is 2.20. The zero-order valence-corrected chi connectivity index (χ0v) is 16.5. The van der Waals surface area contributed by atoms with E-state index in [0.717, 1.165) is 4.68 Å². The van der Waals surface area contributed by atoms with Crippen LogP contribution in [0.4, 0.5) is 10.1 Å². The number of nitrogens with zero attached hydrogens (tertiary/aromatic N) is 2. The van der Waals surface area contributed by atoms with Crippen LogP contribution in [0.25, 0.3) is 5.69 Å². The molecule has 7 nitrogen and oxygen atoms in total. The molecule has 0 spiro atoms. The molecule has 3 rings (SSSR count). The van der Waals surface area contributed by atoms with Crippen molar-refractivity contribution < 1.29 is 18.7 Å². The lowest BCUT2D eigenvalue weighted by Crippen LogP contribution is -2.33. The third-order valence-electron chi connectivity index (χ3n) is 4.31. The number of carbonyl (C=O) groups is 2. The van der Waals surface area contributed by atoms with Gasteiger partial charge in [-0.15, -0.1) is 5.10 Å². The van der Waals surface area contributed by atoms with Crippen molar-refractivity contribution in [2.24, 2.45) is 0 Å². The summed E-state index contributed by atoms with van der Waals surface area (Å²) < 4.78 is 19.9. The highest BCUT2D eigenvalue weighted by Crippen LogP contribution is 2.15. The van der Waals surface area contributed by atoms with Crippen molar-refractivity contribution in [2.45, 2.75) is 26.4 Å². The molecule has 2 aromatic carbocycles. The first kappa shape index (κ1) is 20.9. The van der Waals surface area contributed by atoms with E-state index in [1.165, 1.54) is 43.3 Å². The van der Waals surface area contributed by atoms with Gasteiger partial charge in [-0.3, -0.25) is 14.4 Å². The number of ketones is 1. The molecule has 0 saturated carbocycles. The molecule has 3 aromatic rings. The Balaban J connectivity index is 1.78. The number of hydrogen-bond donors (Lipinski definition) is 1. The minimum Gasteiger partial charge on any atom is -0.463 e. The van der Waals surface area contributed by atoms with E-state index in [9.17, 15) is 18.8 Å². The predicted molar refractivity (Wildman–Crippen MR) is 110 cm³/mol. The Morgan fingerprint density at radius 2 is 1.87 bits per heavy atom. The van der Waals surface area contributed by atoms with Gasteiger partial charge >= 0.3 is 0 Å². The minimum absolute atomic E-state index is 0.0680. The Morgan fingerprint density at radius 1 is 1.13 bits per heavy atom. The van der Waals surface area contributed by atoms with Gasteiger partial charge in [0.15, 0.2) is 11.9 Å². The van der Waals surface area contributed by atoms with Crippen molar-refractivity contribution in [3.8, 4) is 11.6 Å². The van der Waals surface area contributed by atoms with Crippen LogP contribution in [-0.2, 0) is 4.79 Å². The fraction of sp³-hybridized carbons (Fsp3) is 0.182. The van der Waals surface area contributed by atoms with Gasteiger partial charge < -0.3 is 10.1 Å². The maximum atomic E-state index is 13.1. The third kappa shape index (κ3) is 4.96. The first-order valence-corrected chi connectivity index (χ1v) is 9.32. The monoisotopic (exact) mass is 409 g/mol. The molecule has 1 N–H and O–H groups in total. The summed E-state index contributed by atoms with van der Waals surface area (Å²) in [6, 6.07) is 14.5. The van der Waals surface area contributed by atoms with E-state index in [0.29, 0.717) is 23.4 Å². The third-order valence-corrected chi connectivity index (χ3v) is 4.31. The first-order valence-electron chi connectivity index (χ1n) is 9.32. The van der Waals surface area contributed by atoms with Crippen LogP contribution in [0.2, 0.25) is 0 Å². The van der Waals surface area contributed by atoms with Crippen LogP contribution >= 0.6 is 0 Å². The molecule has 0 aliphatic carbocycles. The molecule has 0 fully saturated rings. The molecule has 0 aliphatic heterocycles. The average molecular weight is 409 g/mol. The lowest BCUT2D eigenvalue weighted by molar-refractivity contribution is -0.123. The predicted octanol–water partition coefficient (Wildman–Crippen LogP) is 3.37. The van der Waals surface area contributed by atoms with Gasteiger partial charge in [0, 0.05) is 23.4 Å². The molecule has 0 bridgehead atoms. The van der Waals surface area contributed by atoms with Crippen molar-refractivity contribution in [1.82, 2.24) is 9.78 Å². The molecule has 0 aliphatic rings. The van der Waals surface area contributed by atoms with Crippen LogP contribution in [-0.4, -0.2) is 27.6 Å². The summed E-state index contributed by atoms with van der Waals surface area (Å²) in [5, 5.41) is 6.84. The molecular weight excluding hydrogens is 389 g/mol. The largest absolute Gasteiger partial charge is 0.463 e. The summed E-state index contributed by atoms with van der Waals surface area (Å²) in [6.07, 6.45) is -0.534. The lowest BCUT2D eigenvalue weighted by Gasteiger charge is -2.17. The van der Waals surface area contributed by atoms with E-state index in [1.807, 2.05) is 0 Å². The quantitative estimate of drug-likeness (QED) is 0.604. The molecule has 0 radical (unpaired) electrons. The first-order chi connectivity index (χ1) is 14.4. The van der Waals surface area contributed by atoms with Gasteiger partial charge in [0.1, 0.15) is 5.82 Å². The minimum atomic E-state index is -0.877. The Morgan fingerprint density at radius 3 is 2.53 bits per heavy atom. The van der Waals surface area contributed by atoms with Gasteiger partial charge in [-0.1, -0.05) is 19.1 Å². The second-order valence-electron chi connectivity index (χ2n) is 6.54. The highest BCUT2D eigenvalue weighted by atomic mass is 19.1. The van der Waals surface area contributed by atoms with Crippen LogP contribution in [0.15, 0.2) is 65.5 Å². The maximum absolute atomic E-state index is 13.1. The summed E-state index contributed by atoms with van der Waals surface area (Å²) in [5.41, 5.74) is 0.895. The summed E-state index contributed by atoms with van der Waals surface area (Å²) in [5.74, 6) is -0.893. The molecule has 1 atom stereocenters. The van der Waals surface area contributed by atoms with Crippen molar-refractivity contribution in [2.75, 3.05) is 5.32 Å². The standard InChI is InChI=1S/C22H20FN3O4/c1-3-19(22(29)24-17-6-4-5-15(13-17)14(2)27)30-20-11-12-21(28)26(25-20)18-9-7-16(23)8-10-18/h4-13,19H,3H2,1-2H3,(H,24,29)/t19-/m1/s1. The van der Waals surface area contributed by atoms with Gasteiger partial charge in [0.05, 0.1) is 5.69 Å². The molecule has 0 saturated heterocycles. The number of nitrogens with one attached hydrogen (secondary N) is 1. The lowest BCUT2D eigenvalue weighted by atomic mass is 10.1. The molecule has 154 valence electrons. The number of amides is 1. The topological polar surface area (TPSA) is 90.3 Å². The Hall–Kier alpha value is -3.81. The summed E-state index contributed by atoms with van der Waals surface area (Å²) in [6.45, 7) is 3.22. The van der Waals surface area contributed by atoms with E-state index in [2.05, 4.69) is 10.4 Å². The molecule has 1 amide bonds. The zero-order valence-electron chi connectivity index (χ0n) is 16.5. The fourth-order valence-corrected chi connectivity index (χ4v) is 2.73. The van der Waals surface area contributed by atoms with Crippen LogP contribution in [0.3, 0.4) is 0 Å². The van der Waals surface area contributed by atoms with Crippen molar-refractivity contribution in [3.05, 3.63) is 82.4 Å². The van der Waals surface area contributed by atoms with Gasteiger partial charge in [-0.2, -0.15) is 4.68 Å². The maximum Gasteiger partial charge on any atom is 0.271 e. The molecule has 8 heteroatoms. The molecular formula is C22H20FN3O4. The van der Waals surface area contributed by atoms with Crippen LogP contribution in [0, 0.1) is 5.82 Å². The fourth-order valence-electron chi connectivity index (χ4n) is 2.73. The Labute approximate surface area is 172 Å². The van der Waals surface area contributed by atoms with Gasteiger partial charge in [0.2, 0.25) is 5.88 Å². The highest BCUT2D eigenvalue weighted by molar-refractivity contribution is 5.98. The zero-order chi connectivity index (χ0) is 21.7. The number of halogens is 1. The van der Waals surface area contributed by atoms with Crippen LogP contribution in [0.5, 0.6) is 5.88 Å². The van der Waals surface area contributed by atoms with E-state index < -0.39 is 23.4 Å². The summed E-state index contributed by atoms with van der Waals surface area (Å²) in [4.78, 5) is 36.3. The molecule has 1 heterocycles.